The van der Waals surface area contributed by atoms with E-state index >= 15 is 0 Å². The zero-order valence-corrected chi connectivity index (χ0v) is 17.4. The fraction of sp³-hybridized carbons (Fsp3) is 0.632. The molecule has 26 heavy (non-hydrogen) atoms. The van der Waals surface area contributed by atoms with E-state index < -0.39 is 10.0 Å². The molecule has 2 aliphatic heterocycles. The number of fused-ring (bicyclic) bond motifs is 2. The predicted octanol–water partition coefficient (Wildman–Crippen LogP) is 3.22. The van der Waals surface area contributed by atoms with Gasteiger partial charge in [-0.3, -0.25) is 4.79 Å². The summed E-state index contributed by atoms with van der Waals surface area (Å²) in [6, 6.07) is 7.13. The number of nitrogens with zero attached hydrogens (tertiary/aromatic N) is 2. The average molecular weight is 397 g/mol. The Balaban J connectivity index is 1.78. The van der Waals surface area contributed by atoms with Crippen LogP contribution in [0.2, 0.25) is 0 Å². The van der Waals surface area contributed by atoms with Crippen molar-refractivity contribution >= 4 is 27.7 Å². The van der Waals surface area contributed by atoms with Crippen LogP contribution in [0.25, 0.3) is 0 Å². The molecule has 0 aliphatic carbocycles. The zero-order valence-electron chi connectivity index (χ0n) is 15.7. The normalized spacial score (nSPS) is 25.7. The first-order valence-corrected chi connectivity index (χ1v) is 12.1. The fourth-order valence-corrected chi connectivity index (χ4v) is 6.57. The Bertz CT molecular complexity index is 731. The van der Waals surface area contributed by atoms with Gasteiger partial charge in [0.15, 0.2) is 0 Å². The Kier molecular flexibility index (Phi) is 5.99. The van der Waals surface area contributed by atoms with Crippen LogP contribution in [0.5, 0.6) is 0 Å². The van der Waals surface area contributed by atoms with Gasteiger partial charge in [-0.1, -0.05) is 13.8 Å². The monoisotopic (exact) mass is 396 g/mol. The third-order valence-corrected chi connectivity index (χ3v) is 8.82. The first-order chi connectivity index (χ1) is 12.4. The van der Waals surface area contributed by atoms with Gasteiger partial charge in [-0.25, -0.2) is 8.42 Å². The Hall–Kier alpha value is -1.05. The highest BCUT2D eigenvalue weighted by molar-refractivity contribution is 7.99. The number of hydrogen-bond donors (Lipinski definition) is 0. The number of sulfonamides is 1. The molecule has 0 radical (unpaired) electrons. The van der Waals surface area contributed by atoms with Crippen LogP contribution in [0.4, 0.5) is 0 Å². The van der Waals surface area contributed by atoms with Gasteiger partial charge in [-0.2, -0.15) is 16.1 Å². The zero-order chi connectivity index (χ0) is 18.9. The van der Waals surface area contributed by atoms with Crippen LogP contribution in [0.3, 0.4) is 0 Å². The van der Waals surface area contributed by atoms with Gasteiger partial charge in [-0.15, -0.1) is 0 Å². The Labute approximate surface area is 161 Å². The second-order valence-electron chi connectivity index (χ2n) is 7.04. The molecule has 2 fully saturated rings. The highest BCUT2D eigenvalue weighted by atomic mass is 32.2. The van der Waals surface area contributed by atoms with Gasteiger partial charge < -0.3 is 4.90 Å². The number of piperidine rings is 1. The SMILES string of the molecule is CCN(CC)S(=O)(=O)c1ccc(C(=O)N2C3CCC2CC(SC)C3)cc1. The minimum absolute atomic E-state index is 0.0452. The van der Waals surface area contributed by atoms with Gasteiger partial charge in [0.25, 0.3) is 5.91 Å². The van der Waals surface area contributed by atoms with Crippen molar-refractivity contribution in [3.8, 4) is 0 Å². The summed E-state index contributed by atoms with van der Waals surface area (Å²) >= 11 is 1.91. The smallest absolute Gasteiger partial charge is 0.254 e. The van der Waals surface area contributed by atoms with Crippen molar-refractivity contribution < 1.29 is 13.2 Å². The van der Waals surface area contributed by atoms with E-state index in [0.717, 1.165) is 25.7 Å². The van der Waals surface area contributed by atoms with Crippen molar-refractivity contribution in [3.63, 3.8) is 0 Å². The van der Waals surface area contributed by atoms with Gasteiger partial charge in [0.1, 0.15) is 0 Å². The van der Waals surface area contributed by atoms with Crippen molar-refractivity contribution in [2.45, 2.75) is 61.8 Å². The van der Waals surface area contributed by atoms with Gasteiger partial charge in [0.2, 0.25) is 10.0 Å². The molecule has 2 atom stereocenters. The second kappa shape index (κ2) is 7.90. The standard InChI is InChI=1S/C19H28N2O3S2/c1-4-20(5-2)26(23,24)18-10-6-14(7-11-18)19(22)21-15-8-9-16(21)13-17(12-15)25-3/h6-7,10-11,15-17H,4-5,8-9,12-13H2,1-3H3. The van der Waals surface area contributed by atoms with Crippen LogP contribution in [0, 0.1) is 0 Å². The molecule has 2 heterocycles. The quantitative estimate of drug-likeness (QED) is 0.741. The molecule has 2 aliphatic rings. The minimum Gasteiger partial charge on any atom is -0.333 e. The average Bonchev–Trinajstić information content (AvgIpc) is 2.91. The number of carbonyl (C=O) groups excluding carboxylic acids is 1. The minimum atomic E-state index is -3.48. The van der Waals surface area contributed by atoms with Crippen LogP contribution in [-0.4, -0.2) is 60.2 Å². The van der Waals surface area contributed by atoms with Crippen molar-refractivity contribution in [2.75, 3.05) is 19.3 Å². The van der Waals surface area contributed by atoms with Crippen LogP contribution in [-0.2, 0) is 10.0 Å². The summed E-state index contributed by atoms with van der Waals surface area (Å²) in [7, 11) is -3.48. The summed E-state index contributed by atoms with van der Waals surface area (Å²) in [6.07, 6.45) is 6.45. The van der Waals surface area contributed by atoms with Crippen LogP contribution < -0.4 is 0 Å². The number of thioether (sulfide) groups is 1. The van der Waals surface area contributed by atoms with Crippen molar-refractivity contribution in [1.82, 2.24) is 9.21 Å². The number of hydrogen-bond acceptors (Lipinski definition) is 4. The highest BCUT2D eigenvalue weighted by Gasteiger charge is 2.43. The molecule has 2 saturated heterocycles. The molecule has 1 aromatic carbocycles. The molecule has 0 aromatic heterocycles. The molecule has 3 rings (SSSR count). The summed E-state index contributed by atoms with van der Waals surface area (Å²) in [5.41, 5.74) is 0.586. The maximum Gasteiger partial charge on any atom is 0.254 e. The third-order valence-electron chi connectivity index (χ3n) is 5.70. The predicted molar refractivity (Wildman–Crippen MR) is 106 cm³/mol. The topological polar surface area (TPSA) is 57.7 Å². The van der Waals surface area contributed by atoms with E-state index in [9.17, 15) is 13.2 Å². The largest absolute Gasteiger partial charge is 0.333 e. The van der Waals surface area contributed by atoms with Gasteiger partial charge in [0, 0.05) is 36.0 Å². The summed E-state index contributed by atoms with van der Waals surface area (Å²) in [4.78, 5) is 15.3. The summed E-state index contributed by atoms with van der Waals surface area (Å²) in [6.45, 7) is 4.53. The summed E-state index contributed by atoms with van der Waals surface area (Å²) in [5.74, 6) is 0.0452. The third kappa shape index (κ3) is 3.53. The molecule has 2 unspecified atom stereocenters. The van der Waals surface area contributed by atoms with E-state index in [0.29, 0.717) is 36.0 Å². The second-order valence-corrected chi connectivity index (χ2v) is 10.1. The van der Waals surface area contributed by atoms with E-state index in [2.05, 4.69) is 11.2 Å². The maximum atomic E-state index is 13.0. The lowest BCUT2D eigenvalue weighted by Gasteiger charge is -2.38. The number of benzene rings is 1. The molecule has 144 valence electrons. The van der Waals surface area contributed by atoms with Gasteiger partial charge in [0.05, 0.1) is 4.90 Å². The van der Waals surface area contributed by atoms with Crippen LogP contribution in [0.15, 0.2) is 29.2 Å². The molecule has 2 bridgehead atoms. The summed E-state index contributed by atoms with van der Waals surface area (Å²) in [5, 5.41) is 0.651. The molecule has 0 spiro atoms. The van der Waals surface area contributed by atoms with Gasteiger partial charge >= 0.3 is 0 Å². The van der Waals surface area contributed by atoms with Crippen molar-refractivity contribution in [1.29, 1.82) is 0 Å². The molecule has 0 N–H and O–H groups in total. The lowest BCUT2D eigenvalue weighted by atomic mass is 10.0. The molecule has 1 aromatic rings. The van der Waals surface area contributed by atoms with Crippen LogP contribution >= 0.6 is 11.8 Å². The molecule has 5 nitrogen and oxygen atoms in total. The maximum absolute atomic E-state index is 13.0. The highest BCUT2D eigenvalue weighted by Crippen LogP contribution is 2.40. The van der Waals surface area contributed by atoms with Crippen molar-refractivity contribution in [3.05, 3.63) is 29.8 Å². The first-order valence-electron chi connectivity index (χ1n) is 9.38. The van der Waals surface area contributed by atoms with Crippen LogP contribution in [0.1, 0.15) is 49.9 Å². The number of amides is 1. The van der Waals surface area contributed by atoms with Gasteiger partial charge in [-0.05, 0) is 56.2 Å². The van der Waals surface area contributed by atoms with E-state index in [1.165, 1.54) is 4.31 Å². The van der Waals surface area contributed by atoms with E-state index in [-0.39, 0.29) is 10.8 Å². The Morgan fingerprint density at radius 1 is 1.12 bits per heavy atom. The fourth-order valence-electron chi connectivity index (χ4n) is 4.28. The Morgan fingerprint density at radius 3 is 2.12 bits per heavy atom. The molecular weight excluding hydrogens is 368 g/mol. The lowest BCUT2D eigenvalue weighted by molar-refractivity contribution is 0.0601. The first kappa shape index (κ1) is 19.7. The van der Waals surface area contributed by atoms with E-state index in [1.807, 2.05) is 25.6 Å². The molecule has 1 amide bonds. The molecule has 7 heteroatoms. The van der Waals surface area contributed by atoms with E-state index in [1.54, 1.807) is 24.3 Å². The van der Waals surface area contributed by atoms with E-state index in [4.69, 9.17) is 0 Å². The molecule has 0 saturated carbocycles. The summed E-state index contributed by atoms with van der Waals surface area (Å²) < 4.78 is 26.6. The molecular formula is C19H28N2O3S2. The lowest BCUT2D eigenvalue weighted by Crippen LogP contribution is -2.47. The Morgan fingerprint density at radius 2 is 1.65 bits per heavy atom. The number of rotatable bonds is 6. The number of carbonyl (C=O) groups is 1. The van der Waals surface area contributed by atoms with Crippen molar-refractivity contribution in [2.24, 2.45) is 0 Å².